The Hall–Kier alpha value is -0.320. The molecule has 0 amide bonds. The molecule has 1 atom stereocenters. The maximum Gasteiger partial charge on any atom is 0.246 e. The van der Waals surface area contributed by atoms with Crippen molar-refractivity contribution in [3.63, 3.8) is 0 Å². The van der Waals surface area contributed by atoms with Crippen LogP contribution < -0.4 is 5.32 Å². The lowest BCUT2D eigenvalue weighted by Crippen LogP contribution is -2.33. The van der Waals surface area contributed by atoms with Crippen LogP contribution >= 0.6 is 24.8 Å². The van der Waals surface area contributed by atoms with E-state index in [1.807, 2.05) is 6.92 Å². The van der Waals surface area contributed by atoms with Gasteiger partial charge in [0.2, 0.25) is 5.89 Å². The SMILES string of the molecule is Cc1noc(C2(C)CCCN2)n1.Cl.Cl. The topological polar surface area (TPSA) is 51.0 Å². The molecule has 0 aliphatic carbocycles. The van der Waals surface area contributed by atoms with Gasteiger partial charge in [-0.05, 0) is 33.2 Å². The Morgan fingerprint density at radius 3 is 2.57 bits per heavy atom. The van der Waals surface area contributed by atoms with Crippen LogP contribution in [0.5, 0.6) is 0 Å². The first-order valence-electron chi connectivity index (χ1n) is 4.26. The minimum absolute atomic E-state index is 0. The van der Waals surface area contributed by atoms with Crippen molar-refractivity contribution in [2.24, 2.45) is 0 Å². The lowest BCUT2D eigenvalue weighted by molar-refractivity contribution is 0.274. The summed E-state index contributed by atoms with van der Waals surface area (Å²) < 4.78 is 5.13. The molecule has 2 rings (SSSR count). The van der Waals surface area contributed by atoms with E-state index in [2.05, 4.69) is 22.4 Å². The van der Waals surface area contributed by atoms with Crippen molar-refractivity contribution in [2.45, 2.75) is 32.2 Å². The molecule has 0 saturated carbocycles. The van der Waals surface area contributed by atoms with Gasteiger partial charge in [-0.15, -0.1) is 24.8 Å². The zero-order valence-corrected chi connectivity index (χ0v) is 9.87. The summed E-state index contributed by atoms with van der Waals surface area (Å²) in [5, 5.41) is 7.15. The average Bonchev–Trinajstić information content (AvgIpc) is 2.59. The Labute approximate surface area is 95.7 Å². The van der Waals surface area contributed by atoms with Gasteiger partial charge in [0.1, 0.15) is 0 Å². The monoisotopic (exact) mass is 239 g/mol. The van der Waals surface area contributed by atoms with E-state index >= 15 is 0 Å². The zero-order chi connectivity index (χ0) is 8.60. The fourth-order valence-corrected chi connectivity index (χ4v) is 1.60. The van der Waals surface area contributed by atoms with Crippen molar-refractivity contribution in [3.8, 4) is 0 Å². The molecule has 4 nitrogen and oxygen atoms in total. The summed E-state index contributed by atoms with van der Waals surface area (Å²) in [6.45, 7) is 4.98. The summed E-state index contributed by atoms with van der Waals surface area (Å²) in [5.41, 5.74) is -0.0821. The second kappa shape index (κ2) is 4.96. The third-order valence-corrected chi connectivity index (χ3v) is 2.37. The van der Waals surface area contributed by atoms with Crippen molar-refractivity contribution >= 4 is 24.8 Å². The van der Waals surface area contributed by atoms with Gasteiger partial charge < -0.3 is 9.84 Å². The van der Waals surface area contributed by atoms with E-state index in [0.29, 0.717) is 5.82 Å². The molecule has 1 fully saturated rings. The summed E-state index contributed by atoms with van der Waals surface area (Å²) in [6.07, 6.45) is 2.26. The van der Waals surface area contributed by atoms with Crippen LogP contribution in [0.25, 0.3) is 0 Å². The van der Waals surface area contributed by atoms with Crippen molar-refractivity contribution in [3.05, 3.63) is 11.7 Å². The van der Waals surface area contributed by atoms with Gasteiger partial charge in [-0.2, -0.15) is 4.98 Å². The van der Waals surface area contributed by atoms with E-state index < -0.39 is 0 Å². The van der Waals surface area contributed by atoms with E-state index in [0.717, 1.165) is 18.9 Å². The quantitative estimate of drug-likeness (QED) is 0.813. The van der Waals surface area contributed by atoms with Crippen LogP contribution in [-0.2, 0) is 5.54 Å². The molecule has 0 radical (unpaired) electrons. The maximum atomic E-state index is 5.13. The second-order valence-corrected chi connectivity index (χ2v) is 3.51. The average molecular weight is 240 g/mol. The smallest absolute Gasteiger partial charge is 0.246 e. The number of halogens is 2. The number of hydrogen-bond acceptors (Lipinski definition) is 4. The molecule has 1 aliphatic rings. The zero-order valence-electron chi connectivity index (χ0n) is 8.24. The van der Waals surface area contributed by atoms with Gasteiger partial charge in [0.15, 0.2) is 5.82 Å². The fourth-order valence-electron chi connectivity index (χ4n) is 1.60. The summed E-state index contributed by atoms with van der Waals surface area (Å²) in [6, 6.07) is 0. The molecule has 1 aromatic heterocycles. The molecule has 0 spiro atoms. The third kappa shape index (κ3) is 2.38. The fraction of sp³-hybridized carbons (Fsp3) is 0.750. The molecular formula is C8H15Cl2N3O. The Bertz CT molecular complexity index is 284. The highest BCUT2D eigenvalue weighted by Crippen LogP contribution is 2.28. The van der Waals surface area contributed by atoms with Crippen LogP contribution in [0.15, 0.2) is 4.52 Å². The summed E-state index contributed by atoms with van der Waals surface area (Å²) in [7, 11) is 0. The molecule has 14 heavy (non-hydrogen) atoms. The highest BCUT2D eigenvalue weighted by atomic mass is 35.5. The van der Waals surface area contributed by atoms with Crippen molar-refractivity contribution in [2.75, 3.05) is 6.54 Å². The molecule has 6 heteroatoms. The first-order chi connectivity index (χ1) is 5.71. The molecule has 1 aromatic rings. The van der Waals surface area contributed by atoms with Crippen LogP contribution in [0.2, 0.25) is 0 Å². The van der Waals surface area contributed by atoms with Gasteiger partial charge in [-0.3, -0.25) is 0 Å². The second-order valence-electron chi connectivity index (χ2n) is 3.51. The molecule has 82 valence electrons. The van der Waals surface area contributed by atoms with E-state index in [9.17, 15) is 0 Å². The predicted octanol–water partition coefficient (Wildman–Crippen LogP) is 1.82. The molecule has 0 aromatic carbocycles. The van der Waals surface area contributed by atoms with Gasteiger partial charge in [0.05, 0.1) is 5.54 Å². The molecule has 2 heterocycles. The molecule has 1 saturated heterocycles. The Balaban J connectivity index is 0.000000845. The molecule has 1 aliphatic heterocycles. The molecule has 1 unspecified atom stereocenters. The first-order valence-corrected chi connectivity index (χ1v) is 4.26. The predicted molar refractivity (Wildman–Crippen MR) is 58.1 cm³/mol. The van der Waals surface area contributed by atoms with E-state index in [4.69, 9.17) is 4.52 Å². The van der Waals surface area contributed by atoms with Crippen LogP contribution in [-0.4, -0.2) is 16.7 Å². The minimum Gasteiger partial charge on any atom is -0.337 e. The highest BCUT2D eigenvalue weighted by molar-refractivity contribution is 5.85. The van der Waals surface area contributed by atoms with Gasteiger partial charge in [0.25, 0.3) is 0 Å². The largest absolute Gasteiger partial charge is 0.337 e. The van der Waals surface area contributed by atoms with Crippen molar-refractivity contribution in [1.29, 1.82) is 0 Å². The Morgan fingerprint density at radius 1 is 1.43 bits per heavy atom. The van der Waals surface area contributed by atoms with Gasteiger partial charge in [-0.1, -0.05) is 5.16 Å². The van der Waals surface area contributed by atoms with E-state index in [1.54, 1.807) is 0 Å². The maximum absolute atomic E-state index is 5.13. The van der Waals surface area contributed by atoms with Gasteiger partial charge in [0, 0.05) is 0 Å². The lowest BCUT2D eigenvalue weighted by Gasteiger charge is -2.18. The number of nitrogens with zero attached hydrogens (tertiary/aromatic N) is 2. The van der Waals surface area contributed by atoms with Gasteiger partial charge in [-0.25, -0.2) is 0 Å². The van der Waals surface area contributed by atoms with Gasteiger partial charge >= 0.3 is 0 Å². The van der Waals surface area contributed by atoms with Crippen LogP contribution in [0.1, 0.15) is 31.5 Å². The minimum atomic E-state index is -0.0821. The summed E-state index contributed by atoms with van der Waals surface area (Å²) in [4.78, 5) is 4.22. The van der Waals surface area contributed by atoms with E-state index in [1.165, 1.54) is 6.42 Å². The molecule has 1 N–H and O–H groups in total. The summed E-state index contributed by atoms with van der Waals surface area (Å²) >= 11 is 0. The number of hydrogen-bond donors (Lipinski definition) is 1. The standard InChI is InChI=1S/C8H13N3O.2ClH/c1-6-10-7(12-11-6)8(2)4-3-5-9-8;;/h9H,3-5H2,1-2H3;2*1H. The normalized spacial score (nSPS) is 25.3. The van der Waals surface area contributed by atoms with E-state index in [-0.39, 0.29) is 30.4 Å². The number of nitrogens with one attached hydrogen (secondary N) is 1. The third-order valence-electron chi connectivity index (χ3n) is 2.37. The number of aromatic nitrogens is 2. The summed E-state index contributed by atoms with van der Waals surface area (Å²) in [5.74, 6) is 1.43. The van der Waals surface area contributed by atoms with Crippen LogP contribution in [0, 0.1) is 6.92 Å². The molecule has 0 bridgehead atoms. The van der Waals surface area contributed by atoms with Crippen molar-refractivity contribution in [1.82, 2.24) is 15.5 Å². The first kappa shape index (κ1) is 13.7. The lowest BCUT2D eigenvalue weighted by atomic mass is 10.0. The van der Waals surface area contributed by atoms with Crippen molar-refractivity contribution < 1.29 is 4.52 Å². The van der Waals surface area contributed by atoms with Crippen LogP contribution in [0.3, 0.4) is 0 Å². The van der Waals surface area contributed by atoms with Crippen LogP contribution in [0.4, 0.5) is 0 Å². The Kier molecular flexibility index (Phi) is 4.84. The highest BCUT2D eigenvalue weighted by Gasteiger charge is 2.35. The Morgan fingerprint density at radius 2 is 2.14 bits per heavy atom. The number of rotatable bonds is 1. The number of aryl methyl sites for hydroxylation is 1. The molecular weight excluding hydrogens is 225 g/mol.